The van der Waals surface area contributed by atoms with E-state index in [0.29, 0.717) is 19.3 Å². The maximum atomic E-state index is 12.8. The molecule has 0 saturated heterocycles. The molecule has 0 bridgehead atoms. The Bertz CT molecular complexity index is 1570. The third-order valence-corrected chi connectivity index (χ3v) is 13.0. The molecular formula is C69H114O6. The quantitative estimate of drug-likeness (QED) is 0.0261. The van der Waals surface area contributed by atoms with E-state index >= 15 is 0 Å². The Morgan fingerprint density at radius 3 is 0.827 bits per heavy atom. The van der Waals surface area contributed by atoms with E-state index in [1.54, 1.807) is 0 Å². The van der Waals surface area contributed by atoms with Gasteiger partial charge in [-0.05, 0) is 116 Å². The molecule has 0 aliphatic carbocycles. The zero-order valence-corrected chi connectivity index (χ0v) is 48.8. The van der Waals surface area contributed by atoms with Crippen molar-refractivity contribution in [2.24, 2.45) is 0 Å². The van der Waals surface area contributed by atoms with Crippen LogP contribution in [0.15, 0.2) is 122 Å². The zero-order valence-electron chi connectivity index (χ0n) is 48.8. The molecule has 0 saturated carbocycles. The fraction of sp³-hybridized carbons (Fsp3) is 0.667. The van der Waals surface area contributed by atoms with Crippen LogP contribution in [0.2, 0.25) is 0 Å². The van der Waals surface area contributed by atoms with Crippen LogP contribution in [-0.4, -0.2) is 37.2 Å². The smallest absolute Gasteiger partial charge is 0.306 e. The molecule has 0 aromatic rings. The van der Waals surface area contributed by atoms with Crippen LogP contribution in [0.25, 0.3) is 0 Å². The maximum absolute atomic E-state index is 12.8. The number of esters is 3. The lowest BCUT2D eigenvalue weighted by Crippen LogP contribution is -2.30. The van der Waals surface area contributed by atoms with Crippen molar-refractivity contribution in [2.75, 3.05) is 13.2 Å². The van der Waals surface area contributed by atoms with Gasteiger partial charge in [0, 0.05) is 19.3 Å². The summed E-state index contributed by atoms with van der Waals surface area (Å²) < 4.78 is 16.8. The van der Waals surface area contributed by atoms with E-state index in [2.05, 4.69) is 142 Å². The topological polar surface area (TPSA) is 78.9 Å². The molecular weight excluding hydrogens is 925 g/mol. The van der Waals surface area contributed by atoms with Crippen LogP contribution in [0.3, 0.4) is 0 Å². The van der Waals surface area contributed by atoms with Crippen molar-refractivity contribution in [3.05, 3.63) is 122 Å². The van der Waals surface area contributed by atoms with Crippen molar-refractivity contribution in [2.45, 2.75) is 284 Å². The average Bonchev–Trinajstić information content (AvgIpc) is 3.41. The average molecular weight is 1040 g/mol. The monoisotopic (exact) mass is 1040 g/mol. The first kappa shape index (κ1) is 70.8. The van der Waals surface area contributed by atoms with Gasteiger partial charge >= 0.3 is 17.9 Å². The number of carbonyl (C=O) groups is 3. The number of allylic oxidation sites excluding steroid dienone is 20. The van der Waals surface area contributed by atoms with Crippen LogP contribution in [0.4, 0.5) is 0 Å². The lowest BCUT2D eigenvalue weighted by atomic mass is 10.1. The first-order chi connectivity index (χ1) is 37.0. The number of hydrogen-bond donors (Lipinski definition) is 0. The van der Waals surface area contributed by atoms with Crippen LogP contribution >= 0.6 is 0 Å². The van der Waals surface area contributed by atoms with E-state index < -0.39 is 6.10 Å². The summed E-state index contributed by atoms with van der Waals surface area (Å²) in [5.41, 5.74) is 0. The van der Waals surface area contributed by atoms with Crippen LogP contribution in [0, 0.1) is 0 Å². The summed E-state index contributed by atoms with van der Waals surface area (Å²) in [4.78, 5) is 38.0. The molecule has 75 heavy (non-hydrogen) atoms. The molecule has 0 aliphatic rings. The summed E-state index contributed by atoms with van der Waals surface area (Å²) in [5.74, 6) is -0.916. The molecule has 0 radical (unpaired) electrons. The molecule has 0 rings (SSSR count). The first-order valence-electron chi connectivity index (χ1n) is 31.0. The van der Waals surface area contributed by atoms with Crippen LogP contribution < -0.4 is 0 Å². The van der Waals surface area contributed by atoms with E-state index in [-0.39, 0.29) is 31.1 Å². The molecule has 426 valence electrons. The molecule has 1 unspecified atom stereocenters. The minimum absolute atomic E-state index is 0.0863. The summed E-state index contributed by atoms with van der Waals surface area (Å²) in [6, 6.07) is 0. The largest absolute Gasteiger partial charge is 0.462 e. The Balaban J connectivity index is 4.20. The first-order valence-corrected chi connectivity index (χ1v) is 31.0. The SMILES string of the molecule is CC/C=C\C/C=C\C/C=C\C/C=C\C/C=C\C/C=C\C/C=C\C/C=C\C/C=C\CCCCCCCC(=O)OCC(COC(=O)CCCCCCCCC)OC(=O)CCCCCCCCC/C=C\CCCCCCCC. The molecule has 0 amide bonds. The predicted molar refractivity (Wildman–Crippen MR) is 325 cm³/mol. The maximum Gasteiger partial charge on any atom is 0.306 e. The molecule has 0 fully saturated rings. The second kappa shape index (κ2) is 62.4. The van der Waals surface area contributed by atoms with Crippen LogP contribution in [-0.2, 0) is 28.6 Å². The molecule has 0 aromatic carbocycles. The van der Waals surface area contributed by atoms with Gasteiger partial charge in [-0.1, -0.05) is 264 Å². The second-order valence-corrected chi connectivity index (χ2v) is 20.2. The molecule has 0 aliphatic heterocycles. The van der Waals surface area contributed by atoms with Crippen molar-refractivity contribution < 1.29 is 28.6 Å². The lowest BCUT2D eigenvalue weighted by molar-refractivity contribution is -0.167. The second-order valence-electron chi connectivity index (χ2n) is 20.2. The fourth-order valence-electron chi connectivity index (χ4n) is 8.31. The summed E-state index contributed by atoms with van der Waals surface area (Å²) in [5, 5.41) is 0. The Morgan fingerprint density at radius 2 is 0.520 bits per heavy atom. The highest BCUT2D eigenvalue weighted by atomic mass is 16.6. The summed E-state index contributed by atoms with van der Waals surface area (Å²) >= 11 is 0. The number of unbranched alkanes of at least 4 members (excludes halogenated alkanes) is 24. The van der Waals surface area contributed by atoms with E-state index in [1.807, 2.05) is 0 Å². The van der Waals surface area contributed by atoms with Crippen molar-refractivity contribution in [3.63, 3.8) is 0 Å². The van der Waals surface area contributed by atoms with Crippen LogP contribution in [0.1, 0.15) is 278 Å². The van der Waals surface area contributed by atoms with E-state index in [1.165, 1.54) is 103 Å². The third kappa shape index (κ3) is 60.6. The minimum atomic E-state index is -0.788. The normalized spacial score (nSPS) is 12.9. The highest BCUT2D eigenvalue weighted by molar-refractivity contribution is 5.71. The Kier molecular flexibility index (Phi) is 58.9. The van der Waals surface area contributed by atoms with Gasteiger partial charge < -0.3 is 14.2 Å². The van der Waals surface area contributed by atoms with E-state index in [9.17, 15) is 14.4 Å². The number of rotatable bonds is 55. The van der Waals surface area contributed by atoms with Crippen molar-refractivity contribution in [1.82, 2.24) is 0 Å². The molecule has 0 aromatic heterocycles. The van der Waals surface area contributed by atoms with Crippen LogP contribution in [0.5, 0.6) is 0 Å². The van der Waals surface area contributed by atoms with Gasteiger partial charge in [-0.15, -0.1) is 0 Å². The summed E-state index contributed by atoms with van der Waals surface area (Å²) in [6.07, 6.45) is 86.5. The summed E-state index contributed by atoms with van der Waals surface area (Å²) in [7, 11) is 0. The molecule has 6 heteroatoms. The lowest BCUT2D eigenvalue weighted by Gasteiger charge is -2.18. The Labute approximate surface area is 462 Å². The number of hydrogen-bond acceptors (Lipinski definition) is 6. The molecule has 0 heterocycles. The minimum Gasteiger partial charge on any atom is -0.462 e. The highest BCUT2D eigenvalue weighted by Crippen LogP contribution is 2.14. The molecule has 0 spiro atoms. The van der Waals surface area contributed by atoms with Gasteiger partial charge in [0.2, 0.25) is 0 Å². The molecule has 6 nitrogen and oxygen atoms in total. The van der Waals surface area contributed by atoms with Crippen molar-refractivity contribution in [1.29, 1.82) is 0 Å². The standard InChI is InChI=1S/C69H114O6/c1-4-7-10-13-16-18-20-22-24-26-27-28-29-30-31-32-33-34-35-36-37-38-39-40-41-43-44-46-48-50-53-56-59-62-68(71)74-65-66(64-73-67(70)61-58-55-52-15-12-9-6-3)75-69(72)63-60-57-54-51-49-47-45-42-25-23-21-19-17-14-11-8-5-2/h7,10,16,18,22-25,27-28,30-31,33-34,36-37,39-40,43-44,66H,4-6,8-9,11-15,17,19-21,26,29,32,35,38,41-42,45-65H2,1-3H3/b10-7-,18-16-,24-22-,25-23-,28-27-,31-30-,34-33-,37-36-,40-39-,44-43-. The predicted octanol–water partition coefficient (Wildman–Crippen LogP) is 21.2. The number of carbonyl (C=O) groups excluding carboxylic acids is 3. The van der Waals surface area contributed by atoms with Gasteiger partial charge in [-0.3, -0.25) is 14.4 Å². The van der Waals surface area contributed by atoms with Gasteiger partial charge in [0.05, 0.1) is 0 Å². The Hall–Kier alpha value is -4.19. The van der Waals surface area contributed by atoms with Gasteiger partial charge in [0.15, 0.2) is 6.10 Å². The molecule has 1 atom stereocenters. The van der Waals surface area contributed by atoms with Gasteiger partial charge in [0.1, 0.15) is 13.2 Å². The van der Waals surface area contributed by atoms with E-state index in [0.717, 1.165) is 135 Å². The zero-order chi connectivity index (χ0) is 54.3. The van der Waals surface area contributed by atoms with Crippen molar-refractivity contribution >= 4 is 17.9 Å². The third-order valence-electron chi connectivity index (χ3n) is 13.0. The highest BCUT2D eigenvalue weighted by Gasteiger charge is 2.19. The fourth-order valence-corrected chi connectivity index (χ4v) is 8.31. The van der Waals surface area contributed by atoms with Gasteiger partial charge in [-0.25, -0.2) is 0 Å². The summed E-state index contributed by atoms with van der Waals surface area (Å²) in [6.45, 7) is 6.46. The van der Waals surface area contributed by atoms with Gasteiger partial charge in [-0.2, -0.15) is 0 Å². The van der Waals surface area contributed by atoms with Gasteiger partial charge in [0.25, 0.3) is 0 Å². The Morgan fingerprint density at radius 1 is 0.280 bits per heavy atom. The number of ether oxygens (including phenoxy) is 3. The van der Waals surface area contributed by atoms with Crippen molar-refractivity contribution in [3.8, 4) is 0 Å². The molecule has 0 N–H and O–H groups in total. The van der Waals surface area contributed by atoms with E-state index in [4.69, 9.17) is 14.2 Å².